The Morgan fingerprint density at radius 3 is 2.72 bits per heavy atom. The highest BCUT2D eigenvalue weighted by atomic mass is 16.5. The summed E-state index contributed by atoms with van der Waals surface area (Å²) < 4.78 is 7.12. The van der Waals surface area contributed by atoms with Gasteiger partial charge in [-0.15, -0.1) is 0 Å². The molecule has 1 heterocycles. The SMILES string of the molecule is CCCC(NC(=O)C(C)(C)OC)c1nccn1C. The van der Waals surface area contributed by atoms with Crippen molar-refractivity contribution < 1.29 is 9.53 Å². The molecule has 1 unspecified atom stereocenters. The van der Waals surface area contributed by atoms with Crippen LogP contribution in [0, 0.1) is 0 Å². The van der Waals surface area contributed by atoms with Crippen LogP contribution in [0.3, 0.4) is 0 Å². The van der Waals surface area contributed by atoms with Gasteiger partial charge in [0.2, 0.25) is 0 Å². The molecular weight excluding hydrogens is 230 g/mol. The van der Waals surface area contributed by atoms with Gasteiger partial charge in [0.1, 0.15) is 11.4 Å². The molecule has 0 saturated carbocycles. The van der Waals surface area contributed by atoms with Crippen molar-refractivity contribution in [2.75, 3.05) is 7.11 Å². The number of hydrogen-bond donors (Lipinski definition) is 1. The van der Waals surface area contributed by atoms with Gasteiger partial charge in [-0.2, -0.15) is 0 Å². The van der Waals surface area contributed by atoms with E-state index >= 15 is 0 Å². The molecule has 1 amide bonds. The predicted molar refractivity (Wildman–Crippen MR) is 70.1 cm³/mol. The highest BCUT2D eigenvalue weighted by molar-refractivity contribution is 5.84. The van der Waals surface area contributed by atoms with Crippen LogP contribution in [0.4, 0.5) is 0 Å². The molecule has 1 aromatic rings. The Labute approximate surface area is 109 Å². The van der Waals surface area contributed by atoms with E-state index in [1.807, 2.05) is 17.8 Å². The lowest BCUT2D eigenvalue weighted by Crippen LogP contribution is -2.45. The molecule has 1 aromatic heterocycles. The van der Waals surface area contributed by atoms with Gasteiger partial charge in [-0.1, -0.05) is 13.3 Å². The maximum Gasteiger partial charge on any atom is 0.252 e. The van der Waals surface area contributed by atoms with E-state index in [1.165, 1.54) is 7.11 Å². The number of imidazole rings is 1. The summed E-state index contributed by atoms with van der Waals surface area (Å²) in [7, 11) is 3.47. The number of rotatable bonds is 6. The number of nitrogens with zero attached hydrogens (tertiary/aromatic N) is 2. The average molecular weight is 253 g/mol. The number of carbonyl (C=O) groups excluding carboxylic acids is 1. The summed E-state index contributed by atoms with van der Waals surface area (Å²) >= 11 is 0. The minimum atomic E-state index is -0.822. The molecule has 5 nitrogen and oxygen atoms in total. The molecule has 0 aliphatic carbocycles. The smallest absolute Gasteiger partial charge is 0.252 e. The van der Waals surface area contributed by atoms with Crippen molar-refractivity contribution in [3.63, 3.8) is 0 Å². The molecule has 102 valence electrons. The van der Waals surface area contributed by atoms with Crippen LogP contribution in [0.5, 0.6) is 0 Å². The Morgan fingerprint density at radius 1 is 1.61 bits per heavy atom. The van der Waals surface area contributed by atoms with Crippen LogP contribution >= 0.6 is 0 Å². The first-order valence-corrected chi connectivity index (χ1v) is 6.25. The van der Waals surface area contributed by atoms with Crippen LogP contribution in [0.15, 0.2) is 12.4 Å². The molecule has 0 spiro atoms. The van der Waals surface area contributed by atoms with Gasteiger partial charge < -0.3 is 14.6 Å². The fourth-order valence-electron chi connectivity index (χ4n) is 1.69. The van der Waals surface area contributed by atoms with Crippen LogP contribution in [0.1, 0.15) is 45.5 Å². The molecule has 0 radical (unpaired) electrons. The Kier molecular flexibility index (Phi) is 4.90. The predicted octanol–water partition coefficient (Wildman–Crippen LogP) is 1.80. The lowest BCUT2D eigenvalue weighted by molar-refractivity contribution is -0.140. The third-order valence-electron chi connectivity index (χ3n) is 3.11. The number of methoxy groups -OCH3 is 1. The number of aryl methyl sites for hydroxylation is 1. The molecule has 1 N–H and O–H groups in total. The fraction of sp³-hybridized carbons (Fsp3) is 0.692. The summed E-state index contributed by atoms with van der Waals surface area (Å²) in [5, 5.41) is 3.01. The van der Waals surface area contributed by atoms with E-state index < -0.39 is 5.60 Å². The Hall–Kier alpha value is -1.36. The van der Waals surface area contributed by atoms with Crippen LogP contribution in [-0.2, 0) is 16.6 Å². The summed E-state index contributed by atoms with van der Waals surface area (Å²) in [6.45, 7) is 5.59. The molecule has 5 heteroatoms. The highest BCUT2D eigenvalue weighted by Gasteiger charge is 2.30. The molecule has 1 rings (SSSR count). The number of nitrogens with one attached hydrogen (secondary N) is 1. The van der Waals surface area contributed by atoms with Crippen molar-refractivity contribution in [3.8, 4) is 0 Å². The van der Waals surface area contributed by atoms with Crippen molar-refractivity contribution in [2.24, 2.45) is 7.05 Å². The molecule has 0 bridgehead atoms. The third kappa shape index (κ3) is 3.32. The number of amides is 1. The second kappa shape index (κ2) is 6.00. The standard InChI is InChI=1S/C13H23N3O2/c1-6-7-10(11-14-8-9-16(11)4)15-12(17)13(2,3)18-5/h8-10H,6-7H2,1-5H3,(H,15,17). The maximum atomic E-state index is 12.1. The summed E-state index contributed by atoms with van der Waals surface area (Å²) in [6, 6.07) is -0.0723. The van der Waals surface area contributed by atoms with E-state index in [0.717, 1.165) is 18.7 Å². The summed E-state index contributed by atoms with van der Waals surface area (Å²) in [5.41, 5.74) is -0.822. The van der Waals surface area contributed by atoms with E-state index in [0.29, 0.717) is 0 Å². The van der Waals surface area contributed by atoms with Gasteiger partial charge in [-0.05, 0) is 20.3 Å². The first-order valence-electron chi connectivity index (χ1n) is 6.25. The summed E-state index contributed by atoms with van der Waals surface area (Å²) in [4.78, 5) is 16.4. The molecule has 0 aliphatic rings. The van der Waals surface area contributed by atoms with Gasteiger partial charge in [0, 0.05) is 26.6 Å². The van der Waals surface area contributed by atoms with E-state index in [1.54, 1.807) is 20.0 Å². The van der Waals surface area contributed by atoms with Gasteiger partial charge in [0.05, 0.1) is 6.04 Å². The molecule has 0 saturated heterocycles. The number of carbonyl (C=O) groups is 1. The number of ether oxygens (including phenoxy) is 1. The quantitative estimate of drug-likeness (QED) is 0.841. The maximum absolute atomic E-state index is 12.1. The highest BCUT2D eigenvalue weighted by Crippen LogP contribution is 2.18. The van der Waals surface area contributed by atoms with E-state index in [-0.39, 0.29) is 11.9 Å². The zero-order valence-corrected chi connectivity index (χ0v) is 11.9. The van der Waals surface area contributed by atoms with Gasteiger partial charge in [-0.25, -0.2) is 4.98 Å². The number of aromatic nitrogens is 2. The van der Waals surface area contributed by atoms with Crippen molar-refractivity contribution >= 4 is 5.91 Å². The Bertz CT molecular complexity index is 399. The lowest BCUT2D eigenvalue weighted by atomic mass is 10.1. The zero-order valence-electron chi connectivity index (χ0n) is 11.9. The van der Waals surface area contributed by atoms with Crippen molar-refractivity contribution in [1.82, 2.24) is 14.9 Å². The fourth-order valence-corrected chi connectivity index (χ4v) is 1.69. The van der Waals surface area contributed by atoms with E-state index in [9.17, 15) is 4.79 Å². The minimum Gasteiger partial charge on any atom is -0.369 e. The van der Waals surface area contributed by atoms with Crippen LogP contribution in [0.25, 0.3) is 0 Å². The van der Waals surface area contributed by atoms with Gasteiger partial charge in [-0.3, -0.25) is 4.79 Å². The summed E-state index contributed by atoms with van der Waals surface area (Å²) in [6.07, 6.45) is 5.46. The van der Waals surface area contributed by atoms with Gasteiger partial charge in [0.15, 0.2) is 0 Å². The molecule has 0 fully saturated rings. The van der Waals surface area contributed by atoms with Gasteiger partial charge >= 0.3 is 0 Å². The van der Waals surface area contributed by atoms with Crippen molar-refractivity contribution in [1.29, 1.82) is 0 Å². The first kappa shape index (κ1) is 14.7. The molecular formula is C13H23N3O2. The Balaban J connectivity index is 2.82. The van der Waals surface area contributed by atoms with Gasteiger partial charge in [0.25, 0.3) is 5.91 Å². The minimum absolute atomic E-state index is 0.0723. The van der Waals surface area contributed by atoms with E-state index in [4.69, 9.17) is 4.74 Å². The normalized spacial score (nSPS) is 13.4. The molecule has 1 atom stereocenters. The van der Waals surface area contributed by atoms with Crippen molar-refractivity contribution in [3.05, 3.63) is 18.2 Å². The number of hydrogen-bond acceptors (Lipinski definition) is 3. The van der Waals surface area contributed by atoms with Crippen molar-refractivity contribution in [2.45, 2.75) is 45.3 Å². The van der Waals surface area contributed by atoms with Crippen LogP contribution < -0.4 is 5.32 Å². The van der Waals surface area contributed by atoms with Crippen LogP contribution in [0.2, 0.25) is 0 Å². The largest absolute Gasteiger partial charge is 0.369 e. The second-order valence-corrected chi connectivity index (χ2v) is 4.93. The average Bonchev–Trinajstić information content (AvgIpc) is 2.74. The zero-order chi connectivity index (χ0) is 13.8. The first-order chi connectivity index (χ1) is 8.42. The topological polar surface area (TPSA) is 56.1 Å². The lowest BCUT2D eigenvalue weighted by Gasteiger charge is -2.26. The Morgan fingerprint density at radius 2 is 2.28 bits per heavy atom. The molecule has 18 heavy (non-hydrogen) atoms. The second-order valence-electron chi connectivity index (χ2n) is 4.93. The molecule has 0 aromatic carbocycles. The summed E-state index contributed by atoms with van der Waals surface area (Å²) in [5.74, 6) is 0.753. The van der Waals surface area contributed by atoms with Crippen LogP contribution in [-0.4, -0.2) is 28.2 Å². The van der Waals surface area contributed by atoms with E-state index in [2.05, 4.69) is 17.2 Å². The third-order valence-corrected chi connectivity index (χ3v) is 3.11. The monoisotopic (exact) mass is 253 g/mol. The molecule has 0 aliphatic heterocycles.